The van der Waals surface area contributed by atoms with Gasteiger partial charge in [-0.2, -0.15) is 0 Å². The van der Waals surface area contributed by atoms with Crippen LogP contribution in [-0.2, 0) is 4.79 Å². The van der Waals surface area contributed by atoms with Gasteiger partial charge in [0.1, 0.15) is 0 Å². The molecule has 1 aliphatic rings. The molecule has 9 heavy (non-hydrogen) atoms. The summed E-state index contributed by atoms with van der Waals surface area (Å²) in [5, 5.41) is 0. The van der Waals surface area contributed by atoms with E-state index in [0.29, 0.717) is 0 Å². The van der Waals surface area contributed by atoms with Crippen molar-refractivity contribution in [3.8, 4) is 0 Å². The van der Waals surface area contributed by atoms with Crippen LogP contribution in [0.15, 0.2) is 0 Å². The summed E-state index contributed by atoms with van der Waals surface area (Å²) in [5.74, 6) is 1.08. The van der Waals surface area contributed by atoms with Crippen LogP contribution in [-0.4, -0.2) is 23.0 Å². The number of carbonyl (C=O) groups excluding carboxylic acids is 1. The van der Waals surface area contributed by atoms with Gasteiger partial charge in [0.15, 0.2) is 0 Å². The first-order chi connectivity index (χ1) is 4.43. The number of rotatable bonds is 1. The standard InChI is InChI=1S/C6H10NOS/c8-6-7-4-2-1-3-5-9-7/h1-5H2. The molecule has 0 aromatic rings. The molecule has 0 bridgehead atoms. The zero-order valence-electron chi connectivity index (χ0n) is 5.30. The second kappa shape index (κ2) is 3.77. The summed E-state index contributed by atoms with van der Waals surface area (Å²) in [7, 11) is 0. The van der Waals surface area contributed by atoms with E-state index < -0.39 is 0 Å². The van der Waals surface area contributed by atoms with Crippen LogP contribution in [0.4, 0.5) is 0 Å². The van der Waals surface area contributed by atoms with E-state index in [-0.39, 0.29) is 0 Å². The molecule has 1 fully saturated rings. The first-order valence-electron chi connectivity index (χ1n) is 3.22. The fraction of sp³-hybridized carbons (Fsp3) is 0.833. The van der Waals surface area contributed by atoms with E-state index in [1.54, 1.807) is 16.3 Å². The van der Waals surface area contributed by atoms with Crippen molar-refractivity contribution >= 4 is 18.4 Å². The fourth-order valence-corrected chi connectivity index (χ4v) is 1.71. The fourth-order valence-electron chi connectivity index (χ4n) is 0.846. The lowest BCUT2D eigenvalue weighted by atomic mass is 10.2. The van der Waals surface area contributed by atoms with Crippen molar-refractivity contribution in [2.75, 3.05) is 12.3 Å². The molecular formula is C6H10NOS. The van der Waals surface area contributed by atoms with Gasteiger partial charge >= 0.3 is 6.41 Å². The third-order valence-corrected chi connectivity index (χ3v) is 2.39. The molecule has 1 heterocycles. The second-order valence-electron chi connectivity index (χ2n) is 2.09. The summed E-state index contributed by atoms with van der Waals surface area (Å²) in [6, 6.07) is 0. The molecule has 2 nitrogen and oxygen atoms in total. The Bertz CT molecular complexity index is 89.1. The average Bonchev–Trinajstić information content (AvgIpc) is 2.13. The van der Waals surface area contributed by atoms with Crippen LogP contribution >= 0.6 is 11.9 Å². The van der Waals surface area contributed by atoms with Crippen molar-refractivity contribution in [3.05, 3.63) is 0 Å². The lowest BCUT2D eigenvalue weighted by Gasteiger charge is -2.08. The highest BCUT2D eigenvalue weighted by molar-refractivity contribution is 7.97. The van der Waals surface area contributed by atoms with E-state index in [9.17, 15) is 4.79 Å². The van der Waals surface area contributed by atoms with E-state index >= 15 is 0 Å². The number of hydrogen-bond donors (Lipinski definition) is 0. The van der Waals surface area contributed by atoms with Gasteiger partial charge in [-0.15, -0.1) is 0 Å². The molecule has 0 spiro atoms. The second-order valence-corrected chi connectivity index (χ2v) is 3.19. The maximum atomic E-state index is 10.1. The van der Waals surface area contributed by atoms with Crippen LogP contribution < -0.4 is 0 Å². The van der Waals surface area contributed by atoms with Crippen molar-refractivity contribution in [2.24, 2.45) is 0 Å². The Hall–Kier alpha value is -0.180. The van der Waals surface area contributed by atoms with E-state index in [4.69, 9.17) is 0 Å². The highest BCUT2D eigenvalue weighted by Crippen LogP contribution is 2.16. The normalized spacial score (nSPS) is 21.1. The van der Waals surface area contributed by atoms with E-state index in [0.717, 1.165) is 18.7 Å². The number of amides is 1. The molecule has 1 radical (unpaired) electrons. The highest BCUT2D eigenvalue weighted by Gasteiger charge is 2.06. The van der Waals surface area contributed by atoms with Crippen LogP contribution in [0.5, 0.6) is 0 Å². The molecule has 0 aromatic heterocycles. The third-order valence-electron chi connectivity index (χ3n) is 1.35. The summed E-state index contributed by atoms with van der Waals surface area (Å²) >= 11 is 1.59. The lowest BCUT2D eigenvalue weighted by Crippen LogP contribution is -2.12. The molecule has 3 heteroatoms. The Kier molecular flexibility index (Phi) is 2.91. The van der Waals surface area contributed by atoms with E-state index in [1.807, 2.05) is 6.41 Å². The molecule has 1 saturated heterocycles. The molecule has 0 N–H and O–H groups in total. The Labute approximate surface area is 59.7 Å². The summed E-state index contributed by atoms with van der Waals surface area (Å²) in [5.41, 5.74) is 0. The van der Waals surface area contributed by atoms with Gasteiger partial charge in [-0.25, -0.2) is 0 Å². The third kappa shape index (κ3) is 2.26. The molecule has 1 rings (SSSR count). The van der Waals surface area contributed by atoms with Gasteiger partial charge in [-0.05, 0) is 24.8 Å². The predicted octanol–water partition coefficient (Wildman–Crippen LogP) is 1.19. The molecule has 0 aromatic carbocycles. The Morgan fingerprint density at radius 3 is 3.00 bits per heavy atom. The van der Waals surface area contributed by atoms with E-state index in [2.05, 4.69) is 0 Å². The Balaban J connectivity index is 2.26. The average molecular weight is 144 g/mol. The van der Waals surface area contributed by atoms with Gasteiger partial charge in [-0.1, -0.05) is 6.42 Å². The zero-order chi connectivity index (χ0) is 6.53. The summed E-state index contributed by atoms with van der Waals surface area (Å²) in [6.07, 6.45) is 5.53. The molecule has 0 atom stereocenters. The first-order valence-corrected chi connectivity index (χ1v) is 4.16. The largest absolute Gasteiger partial charge is 0.322 e. The topological polar surface area (TPSA) is 20.3 Å². The van der Waals surface area contributed by atoms with Gasteiger partial charge in [0.05, 0.1) is 0 Å². The molecule has 0 aliphatic carbocycles. The lowest BCUT2D eigenvalue weighted by molar-refractivity contribution is 0.498. The van der Waals surface area contributed by atoms with Gasteiger partial charge in [0.25, 0.3) is 0 Å². The number of hydrogen-bond acceptors (Lipinski definition) is 2. The minimum Gasteiger partial charge on any atom is -0.278 e. The molecule has 1 aliphatic heterocycles. The maximum absolute atomic E-state index is 10.1. The molecule has 51 valence electrons. The van der Waals surface area contributed by atoms with Gasteiger partial charge in [0, 0.05) is 12.3 Å². The van der Waals surface area contributed by atoms with Crippen LogP contribution in [0.2, 0.25) is 0 Å². The number of nitrogens with zero attached hydrogens (tertiary/aromatic N) is 1. The maximum Gasteiger partial charge on any atom is 0.322 e. The van der Waals surface area contributed by atoms with Crippen LogP contribution in [0, 0.1) is 0 Å². The van der Waals surface area contributed by atoms with Crippen molar-refractivity contribution in [2.45, 2.75) is 19.3 Å². The van der Waals surface area contributed by atoms with Crippen molar-refractivity contribution in [1.29, 1.82) is 0 Å². The quantitative estimate of drug-likeness (QED) is 0.515. The molecule has 0 saturated carbocycles. The van der Waals surface area contributed by atoms with Crippen LogP contribution in [0.1, 0.15) is 19.3 Å². The monoisotopic (exact) mass is 144 g/mol. The van der Waals surface area contributed by atoms with Crippen LogP contribution in [0.3, 0.4) is 0 Å². The summed E-state index contributed by atoms with van der Waals surface area (Å²) < 4.78 is 1.66. The van der Waals surface area contributed by atoms with Gasteiger partial charge < -0.3 is 0 Å². The highest BCUT2D eigenvalue weighted by atomic mass is 32.2. The molecule has 0 unspecified atom stereocenters. The van der Waals surface area contributed by atoms with Crippen molar-refractivity contribution in [3.63, 3.8) is 0 Å². The SMILES string of the molecule is O=[C]N1CCCCCS1. The first kappa shape index (κ1) is 6.93. The zero-order valence-corrected chi connectivity index (χ0v) is 6.12. The summed E-state index contributed by atoms with van der Waals surface area (Å²) in [6.45, 7) is 0.883. The van der Waals surface area contributed by atoms with Crippen molar-refractivity contribution < 1.29 is 4.79 Å². The van der Waals surface area contributed by atoms with E-state index in [1.165, 1.54) is 12.8 Å². The minimum absolute atomic E-state index is 0.883. The van der Waals surface area contributed by atoms with Crippen LogP contribution in [0.25, 0.3) is 0 Å². The van der Waals surface area contributed by atoms with Crippen molar-refractivity contribution in [1.82, 2.24) is 4.31 Å². The smallest absolute Gasteiger partial charge is 0.278 e. The Morgan fingerprint density at radius 2 is 2.22 bits per heavy atom. The predicted molar refractivity (Wildman–Crippen MR) is 38.7 cm³/mol. The minimum atomic E-state index is 0.883. The van der Waals surface area contributed by atoms with Gasteiger partial charge in [-0.3, -0.25) is 9.10 Å². The molecular weight excluding hydrogens is 134 g/mol. The van der Waals surface area contributed by atoms with Gasteiger partial charge in [0.2, 0.25) is 0 Å². The Morgan fingerprint density at radius 1 is 1.33 bits per heavy atom. The molecule has 1 amide bonds. The summed E-state index contributed by atoms with van der Waals surface area (Å²) in [4.78, 5) is 10.1.